The van der Waals surface area contributed by atoms with E-state index in [2.05, 4.69) is 53.3 Å². The van der Waals surface area contributed by atoms with Crippen LogP contribution in [0.4, 0.5) is 0 Å². The van der Waals surface area contributed by atoms with E-state index in [0.717, 1.165) is 57.3 Å². The van der Waals surface area contributed by atoms with Gasteiger partial charge in [-0.05, 0) is 37.3 Å². The highest BCUT2D eigenvalue weighted by molar-refractivity contribution is 14.0. The molecular formula is C23H38IN5O2. The molecule has 0 radical (unpaired) electrons. The van der Waals surface area contributed by atoms with Gasteiger partial charge in [0.15, 0.2) is 5.96 Å². The molecule has 1 amide bonds. The average Bonchev–Trinajstić information content (AvgIpc) is 3.55. The first-order valence-corrected chi connectivity index (χ1v) is 11.3. The molecule has 0 spiro atoms. The maximum absolute atomic E-state index is 12.0. The second-order valence-corrected chi connectivity index (χ2v) is 8.38. The number of hydrogen-bond donors (Lipinski definition) is 2. The number of carbonyl (C=O) groups excluding carboxylic acids is 1. The highest BCUT2D eigenvalue weighted by atomic mass is 127. The van der Waals surface area contributed by atoms with Gasteiger partial charge in [-0.2, -0.15) is 0 Å². The van der Waals surface area contributed by atoms with Crippen molar-refractivity contribution in [1.29, 1.82) is 0 Å². The van der Waals surface area contributed by atoms with Crippen LogP contribution in [0.2, 0.25) is 0 Å². The Morgan fingerprint density at radius 1 is 1.19 bits per heavy atom. The molecule has 1 heterocycles. The Hall–Kier alpha value is -1.55. The molecule has 8 heteroatoms. The predicted molar refractivity (Wildman–Crippen MR) is 137 cm³/mol. The first-order valence-electron chi connectivity index (χ1n) is 11.3. The van der Waals surface area contributed by atoms with Gasteiger partial charge in [0.2, 0.25) is 5.91 Å². The summed E-state index contributed by atoms with van der Waals surface area (Å²) in [5, 5.41) is 6.46. The summed E-state index contributed by atoms with van der Waals surface area (Å²) < 4.78 is 6.01. The van der Waals surface area contributed by atoms with Gasteiger partial charge in [-0.3, -0.25) is 9.69 Å². The third-order valence-corrected chi connectivity index (χ3v) is 5.47. The highest BCUT2D eigenvalue weighted by Crippen LogP contribution is 2.25. The van der Waals surface area contributed by atoms with E-state index in [0.29, 0.717) is 31.7 Å². The SMILES string of the molecule is CCNC(=NCCOc1ccccc1C(C)C)N1CCN(CC(=O)NC2CC2)CC1.I. The molecular weight excluding hydrogens is 505 g/mol. The van der Waals surface area contributed by atoms with Crippen molar-refractivity contribution in [3.05, 3.63) is 29.8 Å². The van der Waals surface area contributed by atoms with Gasteiger partial charge in [0.05, 0.1) is 13.1 Å². The van der Waals surface area contributed by atoms with Crippen molar-refractivity contribution < 1.29 is 9.53 Å². The second kappa shape index (κ2) is 13.1. The number of amides is 1. The van der Waals surface area contributed by atoms with Crippen molar-refractivity contribution in [3.63, 3.8) is 0 Å². The van der Waals surface area contributed by atoms with Gasteiger partial charge in [0.25, 0.3) is 0 Å². The molecule has 7 nitrogen and oxygen atoms in total. The molecule has 1 aliphatic carbocycles. The van der Waals surface area contributed by atoms with Crippen LogP contribution in [0.3, 0.4) is 0 Å². The van der Waals surface area contributed by atoms with Crippen LogP contribution in [0.5, 0.6) is 5.75 Å². The van der Waals surface area contributed by atoms with Crippen LogP contribution in [0, 0.1) is 0 Å². The Kier molecular flexibility index (Phi) is 10.9. The number of nitrogens with one attached hydrogen (secondary N) is 2. The Morgan fingerprint density at radius 3 is 2.55 bits per heavy atom. The number of rotatable bonds is 9. The zero-order valence-corrected chi connectivity index (χ0v) is 21.4. The summed E-state index contributed by atoms with van der Waals surface area (Å²) >= 11 is 0. The van der Waals surface area contributed by atoms with Crippen molar-refractivity contribution in [2.24, 2.45) is 4.99 Å². The molecule has 2 fully saturated rings. The summed E-state index contributed by atoms with van der Waals surface area (Å²) in [7, 11) is 0. The van der Waals surface area contributed by atoms with E-state index in [-0.39, 0.29) is 29.9 Å². The summed E-state index contributed by atoms with van der Waals surface area (Å²) in [5.41, 5.74) is 1.23. The molecule has 174 valence electrons. The summed E-state index contributed by atoms with van der Waals surface area (Å²) in [5.74, 6) is 2.47. The zero-order chi connectivity index (χ0) is 21.3. The first-order chi connectivity index (χ1) is 14.6. The molecule has 1 aromatic rings. The lowest BCUT2D eigenvalue weighted by molar-refractivity contribution is -0.122. The number of benzene rings is 1. The number of carbonyl (C=O) groups is 1. The number of para-hydroxylation sites is 1. The average molecular weight is 543 g/mol. The molecule has 2 N–H and O–H groups in total. The lowest BCUT2D eigenvalue weighted by Crippen LogP contribution is -2.54. The van der Waals surface area contributed by atoms with Crippen molar-refractivity contribution in [2.75, 3.05) is 52.4 Å². The van der Waals surface area contributed by atoms with E-state index in [9.17, 15) is 4.79 Å². The maximum atomic E-state index is 12.0. The van der Waals surface area contributed by atoms with Crippen molar-refractivity contribution in [3.8, 4) is 5.75 Å². The number of halogens is 1. The summed E-state index contributed by atoms with van der Waals surface area (Å²) in [6.07, 6.45) is 2.27. The number of guanidine groups is 1. The van der Waals surface area contributed by atoms with Gasteiger partial charge in [0, 0.05) is 38.8 Å². The molecule has 3 rings (SSSR count). The topological polar surface area (TPSA) is 69.2 Å². The third kappa shape index (κ3) is 8.48. The monoisotopic (exact) mass is 543 g/mol. The highest BCUT2D eigenvalue weighted by Gasteiger charge is 2.25. The van der Waals surface area contributed by atoms with Crippen molar-refractivity contribution in [2.45, 2.75) is 45.6 Å². The third-order valence-electron chi connectivity index (χ3n) is 5.47. The molecule has 1 aliphatic heterocycles. The van der Waals surface area contributed by atoms with E-state index >= 15 is 0 Å². The lowest BCUT2D eigenvalue weighted by atomic mass is 10.0. The van der Waals surface area contributed by atoms with E-state index in [4.69, 9.17) is 9.73 Å². The van der Waals surface area contributed by atoms with Gasteiger partial charge < -0.3 is 20.3 Å². The summed E-state index contributed by atoms with van der Waals surface area (Å²) in [6.45, 7) is 12.4. The van der Waals surface area contributed by atoms with E-state index in [1.807, 2.05) is 12.1 Å². The largest absolute Gasteiger partial charge is 0.491 e. The van der Waals surface area contributed by atoms with E-state index < -0.39 is 0 Å². The Balaban J connectivity index is 0.00000341. The van der Waals surface area contributed by atoms with Crippen LogP contribution < -0.4 is 15.4 Å². The molecule has 0 aromatic heterocycles. The fraction of sp³-hybridized carbons (Fsp3) is 0.652. The molecule has 0 bridgehead atoms. The molecule has 1 aromatic carbocycles. The molecule has 31 heavy (non-hydrogen) atoms. The van der Waals surface area contributed by atoms with Crippen LogP contribution in [-0.4, -0.2) is 80.1 Å². The first kappa shape index (κ1) is 25.7. The van der Waals surface area contributed by atoms with Gasteiger partial charge in [-0.15, -0.1) is 24.0 Å². The predicted octanol–water partition coefficient (Wildman–Crippen LogP) is 2.67. The molecule has 0 atom stereocenters. The minimum Gasteiger partial charge on any atom is -0.491 e. The maximum Gasteiger partial charge on any atom is 0.234 e. The Labute approximate surface area is 204 Å². The Morgan fingerprint density at radius 2 is 1.90 bits per heavy atom. The van der Waals surface area contributed by atoms with Gasteiger partial charge in [0.1, 0.15) is 12.4 Å². The molecule has 1 saturated heterocycles. The van der Waals surface area contributed by atoms with E-state index in [1.165, 1.54) is 5.56 Å². The molecule has 0 unspecified atom stereocenters. The van der Waals surface area contributed by atoms with Crippen LogP contribution in [0.25, 0.3) is 0 Å². The number of ether oxygens (including phenoxy) is 1. The minimum absolute atomic E-state index is 0. The van der Waals surface area contributed by atoms with Crippen molar-refractivity contribution in [1.82, 2.24) is 20.4 Å². The van der Waals surface area contributed by atoms with Gasteiger partial charge in [-0.25, -0.2) is 4.99 Å². The molecule has 1 saturated carbocycles. The van der Waals surface area contributed by atoms with Crippen molar-refractivity contribution >= 4 is 35.8 Å². The number of nitrogens with zero attached hydrogens (tertiary/aromatic N) is 3. The smallest absolute Gasteiger partial charge is 0.234 e. The number of aliphatic imine (C=N–C) groups is 1. The second-order valence-electron chi connectivity index (χ2n) is 8.38. The number of hydrogen-bond acceptors (Lipinski definition) is 4. The fourth-order valence-electron chi connectivity index (χ4n) is 3.64. The van der Waals surface area contributed by atoms with E-state index in [1.54, 1.807) is 0 Å². The van der Waals surface area contributed by atoms with Crippen LogP contribution in [-0.2, 0) is 4.79 Å². The Bertz CT molecular complexity index is 716. The minimum atomic E-state index is 0. The van der Waals surface area contributed by atoms with Gasteiger partial charge in [-0.1, -0.05) is 32.0 Å². The number of piperazine rings is 1. The zero-order valence-electron chi connectivity index (χ0n) is 19.1. The molecule has 2 aliphatic rings. The standard InChI is InChI=1S/C23H37N5O2.HI/c1-4-24-23(25-11-16-30-21-8-6-5-7-20(21)18(2)3)28-14-12-27(13-15-28)17-22(29)26-19-9-10-19;/h5-8,18-19H,4,9-17H2,1-3H3,(H,24,25)(H,26,29);1H. The van der Waals surface area contributed by atoms with Crippen LogP contribution in [0.15, 0.2) is 29.3 Å². The quantitative estimate of drug-likeness (QED) is 0.217. The fourth-order valence-corrected chi connectivity index (χ4v) is 3.64. The van der Waals surface area contributed by atoms with Crippen LogP contribution >= 0.6 is 24.0 Å². The normalized spacial score (nSPS) is 17.3. The van der Waals surface area contributed by atoms with Gasteiger partial charge >= 0.3 is 0 Å². The summed E-state index contributed by atoms with van der Waals surface area (Å²) in [6, 6.07) is 8.65. The lowest BCUT2D eigenvalue weighted by Gasteiger charge is -2.36. The van der Waals surface area contributed by atoms with Crippen LogP contribution in [0.1, 0.15) is 45.1 Å². The summed E-state index contributed by atoms with van der Waals surface area (Å²) in [4.78, 5) is 21.3.